The summed E-state index contributed by atoms with van der Waals surface area (Å²) in [5, 5.41) is 0. The van der Waals surface area contributed by atoms with Crippen LogP contribution in [0.25, 0.3) is 0 Å². The summed E-state index contributed by atoms with van der Waals surface area (Å²) in [5.41, 5.74) is 2.09. The second-order valence-corrected chi connectivity index (χ2v) is 3.24. The van der Waals surface area contributed by atoms with Gasteiger partial charge in [-0.2, -0.15) is 0 Å². The lowest BCUT2D eigenvalue weighted by Gasteiger charge is -2.04. The largest absolute Gasteiger partial charge is 0.425 e. The summed E-state index contributed by atoms with van der Waals surface area (Å²) < 4.78 is 5.56. The van der Waals surface area contributed by atoms with E-state index < -0.39 is 0 Å². The normalized spacial score (nSPS) is 10.1. The van der Waals surface area contributed by atoms with E-state index in [4.69, 9.17) is 4.74 Å². The maximum atomic E-state index is 5.56. The van der Waals surface area contributed by atoms with Gasteiger partial charge in [-0.1, -0.05) is 18.2 Å². The third-order valence-corrected chi connectivity index (χ3v) is 1.98. The Balaban J connectivity index is 2.23. The van der Waals surface area contributed by atoms with E-state index in [0.717, 1.165) is 17.0 Å². The van der Waals surface area contributed by atoms with Crippen molar-refractivity contribution >= 4 is 0 Å². The van der Waals surface area contributed by atoms with Crippen LogP contribution >= 0.6 is 0 Å². The predicted molar refractivity (Wildman–Crippen MR) is 54.6 cm³/mol. The maximum absolute atomic E-state index is 5.56. The predicted octanol–water partition coefficient (Wildman–Crippen LogP) is 2.82. The number of ether oxygens (including phenoxy) is 1. The quantitative estimate of drug-likeness (QED) is 0.786. The van der Waals surface area contributed by atoms with Crippen LogP contribution in [0.3, 0.4) is 0 Å². The van der Waals surface area contributed by atoms with Crippen LogP contribution < -0.4 is 4.74 Å². The molecule has 0 aliphatic heterocycles. The molecule has 0 amide bonds. The van der Waals surface area contributed by atoms with E-state index in [1.165, 1.54) is 0 Å². The van der Waals surface area contributed by atoms with Gasteiger partial charge in [0, 0.05) is 5.69 Å². The molecule has 0 radical (unpaired) electrons. The first-order valence-corrected chi connectivity index (χ1v) is 4.51. The third-order valence-electron chi connectivity index (χ3n) is 1.98. The lowest BCUT2D eigenvalue weighted by Crippen LogP contribution is -1.88. The molecule has 0 fully saturated rings. The molecule has 0 atom stereocenters. The molecule has 0 aliphatic carbocycles. The highest BCUT2D eigenvalue weighted by atomic mass is 16.5. The van der Waals surface area contributed by atoms with Crippen molar-refractivity contribution in [3.63, 3.8) is 0 Å². The molecule has 72 valence electrons. The Kier molecular flexibility index (Phi) is 2.23. The molecule has 0 saturated heterocycles. The summed E-state index contributed by atoms with van der Waals surface area (Å²) in [6.45, 7) is 3.95. The van der Waals surface area contributed by atoms with Gasteiger partial charge in [0.25, 0.3) is 6.01 Å². The Morgan fingerprint density at radius 2 is 2.00 bits per heavy atom. The first kappa shape index (κ1) is 8.81. The van der Waals surface area contributed by atoms with Gasteiger partial charge in [-0.05, 0) is 25.5 Å². The van der Waals surface area contributed by atoms with Crippen molar-refractivity contribution in [2.45, 2.75) is 13.8 Å². The molecule has 0 spiro atoms. The molecule has 2 rings (SSSR count). The SMILES string of the molecule is Cc1cnc(Oc2ccccc2C)[nH]1. The number of rotatable bonds is 2. The van der Waals surface area contributed by atoms with Crippen LogP contribution in [-0.2, 0) is 0 Å². The van der Waals surface area contributed by atoms with Crippen LogP contribution in [0, 0.1) is 13.8 Å². The summed E-state index contributed by atoms with van der Waals surface area (Å²) in [6.07, 6.45) is 1.74. The van der Waals surface area contributed by atoms with Gasteiger partial charge in [-0.15, -0.1) is 0 Å². The molecule has 1 heterocycles. The molecule has 2 aromatic rings. The van der Waals surface area contributed by atoms with E-state index in [1.54, 1.807) is 6.20 Å². The maximum Gasteiger partial charge on any atom is 0.299 e. The monoisotopic (exact) mass is 188 g/mol. The number of hydrogen-bond donors (Lipinski definition) is 1. The molecule has 14 heavy (non-hydrogen) atoms. The minimum absolute atomic E-state index is 0.539. The fourth-order valence-electron chi connectivity index (χ4n) is 1.22. The summed E-state index contributed by atoms with van der Waals surface area (Å²) in [4.78, 5) is 7.09. The molecule has 3 heteroatoms. The Morgan fingerprint density at radius 1 is 1.21 bits per heavy atom. The van der Waals surface area contributed by atoms with E-state index in [-0.39, 0.29) is 0 Å². The van der Waals surface area contributed by atoms with E-state index >= 15 is 0 Å². The number of nitrogens with zero attached hydrogens (tertiary/aromatic N) is 1. The van der Waals surface area contributed by atoms with Gasteiger partial charge in [0.2, 0.25) is 0 Å². The fourth-order valence-corrected chi connectivity index (χ4v) is 1.22. The van der Waals surface area contributed by atoms with Gasteiger partial charge in [-0.25, -0.2) is 4.98 Å². The van der Waals surface area contributed by atoms with Gasteiger partial charge < -0.3 is 9.72 Å². The number of aryl methyl sites for hydroxylation is 2. The molecule has 0 saturated carbocycles. The fraction of sp³-hybridized carbons (Fsp3) is 0.182. The smallest absolute Gasteiger partial charge is 0.299 e. The van der Waals surface area contributed by atoms with Crippen molar-refractivity contribution in [2.75, 3.05) is 0 Å². The van der Waals surface area contributed by atoms with E-state index in [9.17, 15) is 0 Å². The van der Waals surface area contributed by atoms with Crippen LogP contribution in [0.1, 0.15) is 11.3 Å². The Morgan fingerprint density at radius 3 is 2.64 bits per heavy atom. The van der Waals surface area contributed by atoms with Crippen LogP contribution in [0.4, 0.5) is 0 Å². The van der Waals surface area contributed by atoms with Crippen LogP contribution in [0.2, 0.25) is 0 Å². The number of benzene rings is 1. The molecule has 0 aliphatic rings. The number of H-pyrrole nitrogens is 1. The van der Waals surface area contributed by atoms with Gasteiger partial charge >= 0.3 is 0 Å². The van der Waals surface area contributed by atoms with Crippen molar-refractivity contribution < 1.29 is 4.74 Å². The summed E-state index contributed by atoms with van der Waals surface area (Å²) in [5.74, 6) is 0.835. The van der Waals surface area contributed by atoms with Crippen molar-refractivity contribution in [3.05, 3.63) is 41.7 Å². The highest BCUT2D eigenvalue weighted by Crippen LogP contribution is 2.21. The van der Waals surface area contributed by atoms with Gasteiger partial charge in [0.15, 0.2) is 0 Å². The number of nitrogens with one attached hydrogen (secondary N) is 1. The highest BCUT2D eigenvalue weighted by molar-refractivity contribution is 5.33. The summed E-state index contributed by atoms with van der Waals surface area (Å²) >= 11 is 0. The molecule has 1 aromatic carbocycles. The lowest BCUT2D eigenvalue weighted by molar-refractivity contribution is 0.444. The minimum atomic E-state index is 0.539. The van der Waals surface area contributed by atoms with Crippen LogP contribution in [0.15, 0.2) is 30.5 Å². The lowest BCUT2D eigenvalue weighted by atomic mass is 10.2. The molecular formula is C11H12N2O. The van der Waals surface area contributed by atoms with Crippen molar-refractivity contribution in [3.8, 4) is 11.8 Å². The number of hydrogen-bond acceptors (Lipinski definition) is 2. The van der Waals surface area contributed by atoms with E-state index in [1.807, 2.05) is 38.1 Å². The number of aromatic nitrogens is 2. The second kappa shape index (κ2) is 3.54. The Hall–Kier alpha value is -1.77. The standard InChI is InChI=1S/C11H12N2O/c1-8-5-3-4-6-10(8)14-11-12-7-9(2)13-11/h3-7H,1-2H3,(H,12,13). The van der Waals surface area contributed by atoms with Crippen LogP contribution in [-0.4, -0.2) is 9.97 Å². The molecule has 3 nitrogen and oxygen atoms in total. The van der Waals surface area contributed by atoms with E-state index in [2.05, 4.69) is 9.97 Å². The zero-order valence-corrected chi connectivity index (χ0v) is 8.24. The number of aromatic amines is 1. The van der Waals surface area contributed by atoms with Crippen LogP contribution in [0.5, 0.6) is 11.8 Å². The minimum Gasteiger partial charge on any atom is -0.425 e. The van der Waals surface area contributed by atoms with Gasteiger partial charge in [-0.3, -0.25) is 0 Å². The average molecular weight is 188 g/mol. The zero-order valence-electron chi connectivity index (χ0n) is 8.24. The Labute approximate surface area is 82.8 Å². The number of para-hydroxylation sites is 1. The van der Waals surface area contributed by atoms with Gasteiger partial charge in [0.05, 0.1) is 6.20 Å². The molecular weight excluding hydrogens is 176 g/mol. The van der Waals surface area contributed by atoms with Gasteiger partial charge in [0.1, 0.15) is 5.75 Å². The van der Waals surface area contributed by atoms with Crippen molar-refractivity contribution in [1.82, 2.24) is 9.97 Å². The Bertz CT molecular complexity index is 434. The second-order valence-electron chi connectivity index (χ2n) is 3.24. The topological polar surface area (TPSA) is 37.9 Å². The summed E-state index contributed by atoms with van der Waals surface area (Å²) in [7, 11) is 0. The molecule has 0 bridgehead atoms. The third kappa shape index (κ3) is 1.76. The molecule has 1 aromatic heterocycles. The van der Waals surface area contributed by atoms with Crippen molar-refractivity contribution in [2.24, 2.45) is 0 Å². The molecule has 0 unspecified atom stereocenters. The first-order valence-electron chi connectivity index (χ1n) is 4.51. The first-order chi connectivity index (χ1) is 6.75. The van der Waals surface area contributed by atoms with Crippen molar-refractivity contribution in [1.29, 1.82) is 0 Å². The van der Waals surface area contributed by atoms with E-state index in [0.29, 0.717) is 6.01 Å². The number of imidazole rings is 1. The highest BCUT2D eigenvalue weighted by Gasteiger charge is 2.02. The zero-order chi connectivity index (χ0) is 9.97. The average Bonchev–Trinajstić information content (AvgIpc) is 2.56. The summed E-state index contributed by atoms with van der Waals surface area (Å²) in [6, 6.07) is 8.39. The molecule has 1 N–H and O–H groups in total.